The minimum atomic E-state index is -0.458. The fourth-order valence-corrected chi connectivity index (χ4v) is 2.95. The highest BCUT2D eigenvalue weighted by atomic mass is 16.6. The van der Waals surface area contributed by atoms with Gasteiger partial charge in [-0.15, -0.1) is 0 Å². The predicted octanol–water partition coefficient (Wildman–Crippen LogP) is 3.47. The zero-order valence-corrected chi connectivity index (χ0v) is 15.8. The summed E-state index contributed by atoms with van der Waals surface area (Å²) in [4.78, 5) is 11.9. The number of carbonyl (C=O) groups is 1. The lowest BCUT2D eigenvalue weighted by Crippen LogP contribution is -2.49. The summed E-state index contributed by atoms with van der Waals surface area (Å²) >= 11 is 0. The molecule has 2 N–H and O–H groups in total. The molecule has 3 atom stereocenters. The van der Waals surface area contributed by atoms with Gasteiger partial charge in [0, 0.05) is 25.2 Å². The second-order valence-electron chi connectivity index (χ2n) is 8.00. The van der Waals surface area contributed by atoms with Crippen LogP contribution in [0.1, 0.15) is 67.2 Å². The van der Waals surface area contributed by atoms with Gasteiger partial charge in [-0.1, -0.05) is 20.8 Å². The van der Waals surface area contributed by atoms with Crippen LogP contribution in [0.3, 0.4) is 0 Å². The largest absolute Gasteiger partial charge is 0.444 e. The second kappa shape index (κ2) is 9.48. The first-order chi connectivity index (χ1) is 10.7. The van der Waals surface area contributed by atoms with E-state index in [0.29, 0.717) is 24.6 Å². The lowest BCUT2D eigenvalue weighted by molar-refractivity contribution is -0.00252. The van der Waals surface area contributed by atoms with E-state index < -0.39 is 5.60 Å². The van der Waals surface area contributed by atoms with Gasteiger partial charge in [0.1, 0.15) is 5.60 Å². The quantitative estimate of drug-likeness (QED) is 0.751. The van der Waals surface area contributed by atoms with E-state index >= 15 is 0 Å². The Bertz CT molecular complexity index is 353. The Morgan fingerprint density at radius 1 is 1.35 bits per heavy atom. The van der Waals surface area contributed by atoms with Gasteiger partial charge in [-0.25, -0.2) is 4.79 Å². The Balaban J connectivity index is 2.47. The third-order valence-corrected chi connectivity index (χ3v) is 3.94. The van der Waals surface area contributed by atoms with Gasteiger partial charge in [0.25, 0.3) is 0 Å². The van der Waals surface area contributed by atoms with Gasteiger partial charge < -0.3 is 20.1 Å². The van der Waals surface area contributed by atoms with E-state index in [1.54, 1.807) is 0 Å². The summed E-state index contributed by atoms with van der Waals surface area (Å²) in [5.41, 5.74) is -0.458. The van der Waals surface area contributed by atoms with Crippen LogP contribution in [-0.2, 0) is 9.47 Å². The standard InChI is InChI=1S/C18H36N2O3/c1-7-16-11-14(8-9-22-16)20-15(10-13(2)3)12-19-17(21)23-18(4,5)6/h13-16,20H,7-12H2,1-6H3,(H,19,21). The number of ether oxygens (including phenoxy) is 2. The number of alkyl carbamates (subject to hydrolysis) is 1. The molecular formula is C18H36N2O3. The van der Waals surface area contributed by atoms with Crippen molar-refractivity contribution in [3.8, 4) is 0 Å². The van der Waals surface area contributed by atoms with Crippen LogP contribution in [0.4, 0.5) is 4.79 Å². The molecule has 0 saturated carbocycles. The van der Waals surface area contributed by atoms with Crippen LogP contribution in [-0.4, -0.2) is 43.0 Å². The summed E-state index contributed by atoms with van der Waals surface area (Å²) in [6.07, 6.45) is 4.20. The van der Waals surface area contributed by atoms with Crippen LogP contribution in [0.2, 0.25) is 0 Å². The van der Waals surface area contributed by atoms with E-state index in [4.69, 9.17) is 9.47 Å². The van der Waals surface area contributed by atoms with E-state index in [2.05, 4.69) is 31.4 Å². The van der Waals surface area contributed by atoms with E-state index in [-0.39, 0.29) is 12.1 Å². The molecule has 0 spiro atoms. The first kappa shape index (κ1) is 20.2. The normalized spacial score (nSPS) is 23.6. The molecule has 1 saturated heterocycles. The number of hydrogen-bond donors (Lipinski definition) is 2. The van der Waals surface area contributed by atoms with Gasteiger partial charge >= 0.3 is 6.09 Å². The Hall–Kier alpha value is -0.810. The van der Waals surface area contributed by atoms with E-state index in [1.807, 2.05) is 20.8 Å². The average molecular weight is 328 g/mol. The highest BCUT2D eigenvalue weighted by Crippen LogP contribution is 2.18. The van der Waals surface area contributed by atoms with E-state index in [9.17, 15) is 4.79 Å². The maximum absolute atomic E-state index is 11.9. The highest BCUT2D eigenvalue weighted by Gasteiger charge is 2.24. The maximum atomic E-state index is 11.9. The zero-order valence-electron chi connectivity index (χ0n) is 15.8. The van der Waals surface area contributed by atoms with Gasteiger partial charge in [-0.3, -0.25) is 0 Å². The van der Waals surface area contributed by atoms with Gasteiger partial charge in [0.15, 0.2) is 0 Å². The first-order valence-electron chi connectivity index (χ1n) is 9.04. The first-order valence-corrected chi connectivity index (χ1v) is 9.04. The molecule has 0 bridgehead atoms. The van der Waals surface area contributed by atoms with Gasteiger partial charge in [-0.05, 0) is 52.4 Å². The van der Waals surface area contributed by atoms with Crippen molar-refractivity contribution in [2.45, 2.75) is 91.0 Å². The molecule has 1 rings (SSSR count). The van der Waals surface area contributed by atoms with Crippen molar-refractivity contribution in [2.75, 3.05) is 13.2 Å². The molecule has 5 nitrogen and oxygen atoms in total. The number of carbonyl (C=O) groups excluding carboxylic acids is 1. The Labute approximate surface area is 141 Å². The summed E-state index contributed by atoms with van der Waals surface area (Å²) in [6, 6.07) is 0.737. The van der Waals surface area contributed by atoms with Crippen molar-refractivity contribution < 1.29 is 14.3 Å². The molecule has 1 aliphatic heterocycles. The van der Waals surface area contributed by atoms with Crippen molar-refractivity contribution in [3.05, 3.63) is 0 Å². The van der Waals surface area contributed by atoms with Gasteiger partial charge in [0.2, 0.25) is 0 Å². The highest BCUT2D eigenvalue weighted by molar-refractivity contribution is 5.67. The Morgan fingerprint density at radius 3 is 2.61 bits per heavy atom. The van der Waals surface area contributed by atoms with E-state index in [0.717, 1.165) is 32.3 Å². The topological polar surface area (TPSA) is 59.6 Å². The summed E-state index contributed by atoms with van der Waals surface area (Å²) in [6.45, 7) is 13.6. The average Bonchev–Trinajstić information content (AvgIpc) is 2.42. The third kappa shape index (κ3) is 9.16. The molecule has 3 unspecified atom stereocenters. The van der Waals surface area contributed by atoms with Crippen LogP contribution in [0, 0.1) is 5.92 Å². The molecule has 0 aromatic rings. The van der Waals surface area contributed by atoms with Crippen molar-refractivity contribution >= 4 is 6.09 Å². The summed E-state index contributed by atoms with van der Waals surface area (Å²) < 4.78 is 11.1. The zero-order chi connectivity index (χ0) is 17.5. The number of nitrogens with one attached hydrogen (secondary N) is 2. The minimum absolute atomic E-state index is 0.267. The Morgan fingerprint density at radius 2 is 2.04 bits per heavy atom. The van der Waals surface area contributed by atoms with Crippen molar-refractivity contribution in [2.24, 2.45) is 5.92 Å². The number of amides is 1. The van der Waals surface area contributed by atoms with Crippen molar-refractivity contribution in [3.63, 3.8) is 0 Å². The predicted molar refractivity (Wildman–Crippen MR) is 93.7 cm³/mol. The monoisotopic (exact) mass is 328 g/mol. The fourth-order valence-electron chi connectivity index (χ4n) is 2.95. The van der Waals surface area contributed by atoms with Crippen LogP contribution in [0.25, 0.3) is 0 Å². The lowest BCUT2D eigenvalue weighted by Gasteiger charge is -2.33. The van der Waals surface area contributed by atoms with Crippen molar-refractivity contribution in [1.82, 2.24) is 10.6 Å². The molecule has 1 fully saturated rings. The lowest BCUT2D eigenvalue weighted by atomic mass is 9.98. The molecule has 23 heavy (non-hydrogen) atoms. The second-order valence-corrected chi connectivity index (χ2v) is 8.00. The molecule has 136 valence electrons. The molecule has 0 aliphatic carbocycles. The third-order valence-electron chi connectivity index (χ3n) is 3.94. The molecule has 0 aromatic carbocycles. The minimum Gasteiger partial charge on any atom is -0.444 e. The van der Waals surface area contributed by atoms with E-state index in [1.165, 1.54) is 0 Å². The molecule has 5 heteroatoms. The van der Waals surface area contributed by atoms with Gasteiger partial charge in [0.05, 0.1) is 6.10 Å². The molecule has 1 amide bonds. The SMILES string of the molecule is CCC1CC(NC(CNC(=O)OC(C)(C)C)CC(C)C)CCO1. The van der Waals surface area contributed by atoms with Gasteiger partial charge in [-0.2, -0.15) is 0 Å². The molecule has 0 radical (unpaired) electrons. The number of rotatable bonds is 7. The maximum Gasteiger partial charge on any atom is 0.407 e. The smallest absolute Gasteiger partial charge is 0.407 e. The van der Waals surface area contributed by atoms with Crippen LogP contribution in [0.15, 0.2) is 0 Å². The van der Waals surface area contributed by atoms with Crippen LogP contribution in [0.5, 0.6) is 0 Å². The molecule has 1 aliphatic rings. The summed E-state index contributed by atoms with van der Waals surface area (Å²) in [5.74, 6) is 0.578. The number of hydrogen-bond acceptors (Lipinski definition) is 4. The molecule has 0 aromatic heterocycles. The van der Waals surface area contributed by atoms with Crippen LogP contribution >= 0.6 is 0 Å². The van der Waals surface area contributed by atoms with Crippen LogP contribution < -0.4 is 10.6 Å². The summed E-state index contributed by atoms with van der Waals surface area (Å²) in [5, 5.41) is 6.62. The molecule has 1 heterocycles. The van der Waals surface area contributed by atoms with Crippen molar-refractivity contribution in [1.29, 1.82) is 0 Å². The molecular weight excluding hydrogens is 292 g/mol. The fraction of sp³-hybridized carbons (Fsp3) is 0.944. The Kier molecular flexibility index (Phi) is 8.34. The summed E-state index contributed by atoms with van der Waals surface area (Å²) in [7, 11) is 0.